The van der Waals surface area contributed by atoms with E-state index in [0.29, 0.717) is 59.3 Å². The zero-order valence-electron chi connectivity index (χ0n) is 27.7. The van der Waals surface area contributed by atoms with Gasteiger partial charge in [-0.25, -0.2) is 9.07 Å². The van der Waals surface area contributed by atoms with E-state index in [-0.39, 0.29) is 47.6 Å². The van der Waals surface area contributed by atoms with Gasteiger partial charge in [0, 0.05) is 25.3 Å². The van der Waals surface area contributed by atoms with Crippen LogP contribution in [-0.2, 0) is 36.7 Å². The molecule has 1 aliphatic carbocycles. The van der Waals surface area contributed by atoms with Gasteiger partial charge in [-0.2, -0.15) is 5.10 Å². The summed E-state index contributed by atoms with van der Waals surface area (Å²) in [5, 5.41) is 7.35. The quantitative estimate of drug-likeness (QED) is 0.296. The first-order valence-corrected chi connectivity index (χ1v) is 15.5. The van der Waals surface area contributed by atoms with Gasteiger partial charge in [-0.3, -0.25) is 24.0 Å². The van der Waals surface area contributed by atoms with Gasteiger partial charge in [0.1, 0.15) is 18.5 Å². The molecule has 46 heavy (non-hydrogen) atoms. The molecule has 4 rings (SSSR count). The molecule has 13 heteroatoms. The molecule has 2 amide bonds. The van der Waals surface area contributed by atoms with Crippen LogP contribution < -0.4 is 11.1 Å². The highest BCUT2D eigenvalue weighted by molar-refractivity contribution is 6.00. The van der Waals surface area contributed by atoms with E-state index in [9.17, 15) is 24.0 Å². The number of hydrogen-bond acceptors (Lipinski definition) is 8. The number of amides is 2. The fraction of sp³-hybridized carbons (Fsp3) is 0.576. The molecule has 2 aromatic rings. The predicted molar refractivity (Wildman–Crippen MR) is 166 cm³/mol. The first-order chi connectivity index (χ1) is 21.3. The summed E-state index contributed by atoms with van der Waals surface area (Å²) in [5.74, 6) is -3.88. The number of carbonyl (C=O) groups is 5. The highest BCUT2D eigenvalue weighted by Crippen LogP contribution is 2.37. The number of likely N-dealkylation sites (N-methyl/N-ethyl adjacent to an activating group) is 1. The van der Waals surface area contributed by atoms with Crippen LogP contribution in [0, 0.1) is 24.1 Å². The molecule has 1 saturated heterocycles. The molecule has 1 aromatic carbocycles. The number of nitrogens with one attached hydrogen (secondary N) is 1. The van der Waals surface area contributed by atoms with Crippen LogP contribution >= 0.6 is 0 Å². The second kappa shape index (κ2) is 13.3. The Morgan fingerprint density at radius 1 is 1.17 bits per heavy atom. The first kappa shape index (κ1) is 34.7. The van der Waals surface area contributed by atoms with Crippen LogP contribution in [0.25, 0.3) is 5.69 Å². The van der Waals surface area contributed by atoms with E-state index >= 15 is 4.39 Å². The molecule has 2 heterocycles. The third-order valence-corrected chi connectivity index (χ3v) is 8.32. The maximum atomic E-state index is 15.5. The van der Waals surface area contributed by atoms with Crippen LogP contribution in [0.15, 0.2) is 12.1 Å². The Hall–Kier alpha value is -4.13. The zero-order valence-corrected chi connectivity index (χ0v) is 27.7. The molecule has 12 nitrogen and oxygen atoms in total. The summed E-state index contributed by atoms with van der Waals surface area (Å²) in [6.45, 7) is 7.48. The van der Waals surface area contributed by atoms with E-state index in [1.54, 1.807) is 17.7 Å². The van der Waals surface area contributed by atoms with Crippen LogP contribution in [0.1, 0.15) is 84.1 Å². The van der Waals surface area contributed by atoms with Crippen LogP contribution in [0.2, 0.25) is 0 Å². The summed E-state index contributed by atoms with van der Waals surface area (Å²) in [5.41, 5.74) is 7.27. The maximum Gasteiger partial charge on any atom is 0.310 e. The number of aromatic nitrogens is 2. The van der Waals surface area contributed by atoms with Crippen molar-refractivity contribution < 1.29 is 42.3 Å². The van der Waals surface area contributed by atoms with Crippen molar-refractivity contribution in [3.63, 3.8) is 0 Å². The lowest BCUT2D eigenvalue weighted by molar-refractivity contribution is -0.873. The summed E-state index contributed by atoms with van der Waals surface area (Å²) in [7, 11) is 5.75. The standard InChI is InChI=1S/C33H44FN5O7/c1-18-29-26(14-33(3,4)15-27(29)41)38(37-18)22-11-21(30(31(35)43)25(34)12-22)10-20-8-9-23(16-36-32(20)44)46-28(42)13-24(45-19(2)40)17-39(5,6)7/h11-12,20,23-24H,8-10,13-17H2,1-7H3,(H2-,35,36,43,44)/p+1. The van der Waals surface area contributed by atoms with Gasteiger partial charge in [-0.15, -0.1) is 0 Å². The van der Waals surface area contributed by atoms with Crippen LogP contribution in [0.4, 0.5) is 4.39 Å². The monoisotopic (exact) mass is 642 g/mol. The van der Waals surface area contributed by atoms with Gasteiger partial charge in [-0.1, -0.05) is 13.8 Å². The van der Waals surface area contributed by atoms with E-state index in [1.807, 2.05) is 35.0 Å². The topological polar surface area (TPSA) is 160 Å². The van der Waals surface area contributed by atoms with Crippen molar-refractivity contribution >= 4 is 29.5 Å². The number of Topliss-reactive ketones (excluding diaryl/α,β-unsaturated/α-hetero) is 1. The van der Waals surface area contributed by atoms with Crippen molar-refractivity contribution in [1.82, 2.24) is 15.1 Å². The zero-order chi connectivity index (χ0) is 34.1. The Labute approximate surface area is 268 Å². The normalized spacial score (nSPS) is 20.3. The van der Waals surface area contributed by atoms with Crippen molar-refractivity contribution in [2.75, 3.05) is 34.2 Å². The largest absolute Gasteiger partial charge is 0.460 e. The number of ketones is 1. The number of benzene rings is 1. The lowest BCUT2D eigenvalue weighted by atomic mass is 9.75. The summed E-state index contributed by atoms with van der Waals surface area (Å²) < 4.78 is 28.5. The van der Waals surface area contributed by atoms with Crippen LogP contribution in [0.5, 0.6) is 0 Å². The number of primary amides is 1. The van der Waals surface area contributed by atoms with Crippen LogP contribution in [0.3, 0.4) is 0 Å². The Kier molecular flexibility index (Phi) is 10.0. The molecule has 2 aliphatic rings. The minimum atomic E-state index is -0.967. The Bertz CT molecular complexity index is 1560. The van der Waals surface area contributed by atoms with E-state index < -0.39 is 41.8 Å². The van der Waals surface area contributed by atoms with E-state index in [1.165, 1.54) is 13.0 Å². The predicted octanol–water partition coefficient (Wildman–Crippen LogP) is 2.58. The third-order valence-electron chi connectivity index (χ3n) is 8.32. The van der Waals surface area contributed by atoms with Crippen molar-refractivity contribution in [1.29, 1.82) is 0 Å². The fourth-order valence-corrected chi connectivity index (χ4v) is 6.51. The van der Waals surface area contributed by atoms with Gasteiger partial charge in [-0.05, 0) is 49.7 Å². The number of aryl methyl sites for hydroxylation is 1. The molecule has 1 fully saturated rings. The number of quaternary nitrogens is 1. The van der Waals surface area contributed by atoms with E-state index in [4.69, 9.17) is 15.2 Å². The minimum Gasteiger partial charge on any atom is -0.460 e. The lowest BCUT2D eigenvalue weighted by Gasteiger charge is -2.29. The molecule has 1 aromatic heterocycles. The average Bonchev–Trinajstić information content (AvgIpc) is 3.12. The van der Waals surface area contributed by atoms with Gasteiger partial charge >= 0.3 is 11.9 Å². The number of esters is 2. The molecule has 1 aliphatic heterocycles. The molecule has 3 unspecified atom stereocenters. The maximum absolute atomic E-state index is 15.5. The molecule has 0 saturated carbocycles. The molecular formula is C33H45FN5O7+. The van der Waals surface area contributed by atoms with E-state index in [2.05, 4.69) is 10.4 Å². The second-order valence-electron chi connectivity index (χ2n) is 14.3. The summed E-state index contributed by atoms with van der Waals surface area (Å²) in [6, 6.07) is 2.77. The second-order valence-corrected chi connectivity index (χ2v) is 14.3. The number of ether oxygens (including phenoxy) is 2. The summed E-state index contributed by atoms with van der Waals surface area (Å²) in [4.78, 5) is 62.8. The molecule has 250 valence electrons. The number of nitrogens with two attached hydrogens (primary N) is 1. The van der Waals surface area contributed by atoms with Crippen molar-refractivity contribution in [3.05, 3.63) is 46.0 Å². The van der Waals surface area contributed by atoms with Crippen molar-refractivity contribution in [3.8, 4) is 5.69 Å². The number of carbonyl (C=O) groups excluding carboxylic acids is 5. The molecule has 3 N–H and O–H groups in total. The Morgan fingerprint density at radius 3 is 2.50 bits per heavy atom. The Balaban J connectivity index is 1.54. The summed E-state index contributed by atoms with van der Waals surface area (Å²) >= 11 is 0. The van der Waals surface area contributed by atoms with Crippen molar-refractivity contribution in [2.24, 2.45) is 17.1 Å². The SMILES string of the molecule is CC(=O)OC(CC(=O)OC1CCC(Cc2cc(-n3nc(C)c4c3CC(C)(C)CC4=O)cc(F)c2C(N)=O)C(=O)NC1)C[N+](C)(C)C. The number of nitrogens with zero attached hydrogens (tertiary/aromatic N) is 3. The van der Waals surface area contributed by atoms with Gasteiger partial charge in [0.05, 0.1) is 62.3 Å². The van der Waals surface area contributed by atoms with Gasteiger partial charge in [0.15, 0.2) is 11.9 Å². The van der Waals surface area contributed by atoms with Crippen molar-refractivity contribution in [2.45, 2.75) is 78.4 Å². The number of hydrogen-bond donors (Lipinski definition) is 2. The highest BCUT2D eigenvalue weighted by Gasteiger charge is 2.36. The molecular weight excluding hydrogens is 597 g/mol. The smallest absolute Gasteiger partial charge is 0.310 e. The number of fused-ring (bicyclic) bond motifs is 1. The van der Waals surface area contributed by atoms with Gasteiger partial charge in [0.2, 0.25) is 5.91 Å². The number of rotatable bonds is 10. The first-order valence-electron chi connectivity index (χ1n) is 15.5. The molecule has 0 spiro atoms. The van der Waals surface area contributed by atoms with Gasteiger partial charge in [0.25, 0.3) is 5.91 Å². The number of halogens is 1. The minimum absolute atomic E-state index is 0.000420. The lowest BCUT2D eigenvalue weighted by Crippen LogP contribution is -2.44. The fourth-order valence-electron chi connectivity index (χ4n) is 6.51. The third kappa shape index (κ3) is 8.36. The van der Waals surface area contributed by atoms with Gasteiger partial charge < -0.3 is 25.0 Å². The summed E-state index contributed by atoms with van der Waals surface area (Å²) in [6.07, 6.45) is 0.131. The van der Waals surface area contributed by atoms with Crippen LogP contribution in [-0.4, -0.2) is 90.2 Å². The highest BCUT2D eigenvalue weighted by atomic mass is 19.1. The molecule has 3 atom stereocenters. The molecule has 0 bridgehead atoms. The average molecular weight is 643 g/mol. The van der Waals surface area contributed by atoms with E-state index in [0.717, 1.165) is 0 Å². The molecule has 0 radical (unpaired) electrons. The Morgan fingerprint density at radius 2 is 1.87 bits per heavy atom.